The average molecular weight is 643 g/mol. The summed E-state index contributed by atoms with van der Waals surface area (Å²) in [6.07, 6.45) is 0. The third kappa shape index (κ3) is 4.55. The van der Waals surface area contributed by atoms with Crippen LogP contribution < -0.4 is 4.90 Å². The Kier molecular flexibility index (Phi) is 6.39. The van der Waals surface area contributed by atoms with Crippen molar-refractivity contribution in [2.75, 3.05) is 4.90 Å². The van der Waals surface area contributed by atoms with Crippen LogP contribution in [0.3, 0.4) is 0 Å². The van der Waals surface area contributed by atoms with Crippen molar-refractivity contribution in [3.05, 3.63) is 182 Å². The quantitative estimate of drug-likeness (QED) is 0.181. The van der Waals surface area contributed by atoms with Crippen molar-refractivity contribution in [2.24, 2.45) is 0 Å². The zero-order valence-electron chi connectivity index (χ0n) is 26.6. The van der Waals surface area contributed by atoms with Crippen molar-refractivity contribution in [1.82, 2.24) is 4.57 Å². The molecule has 0 unspecified atom stereocenters. The SMILES string of the molecule is c1ccc(-c2ccccc2N(c2ccc3cc4sc5ccccc5c4cc3c2)c2ccc3c4ccccc4n(-c4ccccc4)c3c2)cc1. The first-order valence-electron chi connectivity index (χ1n) is 16.7. The lowest BCUT2D eigenvalue weighted by molar-refractivity contribution is 1.18. The second kappa shape index (κ2) is 11.2. The average Bonchev–Trinajstić information content (AvgIpc) is 3.69. The first-order valence-corrected chi connectivity index (χ1v) is 17.5. The van der Waals surface area contributed by atoms with Crippen LogP contribution in [0.25, 0.3) is 69.6 Å². The van der Waals surface area contributed by atoms with Crippen molar-refractivity contribution < 1.29 is 0 Å². The van der Waals surface area contributed by atoms with E-state index in [-0.39, 0.29) is 0 Å². The Balaban J connectivity index is 1.25. The lowest BCUT2D eigenvalue weighted by Gasteiger charge is -2.28. The smallest absolute Gasteiger partial charge is 0.0561 e. The molecular formula is C46H30N2S. The van der Waals surface area contributed by atoms with Crippen LogP contribution in [0, 0.1) is 0 Å². The van der Waals surface area contributed by atoms with Gasteiger partial charge in [-0.1, -0.05) is 115 Å². The van der Waals surface area contributed by atoms with E-state index < -0.39 is 0 Å². The molecule has 2 aromatic heterocycles. The van der Waals surface area contributed by atoms with Gasteiger partial charge in [-0.05, 0) is 83.1 Å². The molecule has 0 N–H and O–H groups in total. The molecule has 10 aromatic rings. The molecular weight excluding hydrogens is 613 g/mol. The fraction of sp³-hybridized carbons (Fsp3) is 0. The lowest BCUT2D eigenvalue weighted by atomic mass is 10.0. The molecule has 0 bridgehead atoms. The number of thiophene rings is 1. The lowest BCUT2D eigenvalue weighted by Crippen LogP contribution is -2.11. The van der Waals surface area contributed by atoms with Crippen LogP contribution >= 0.6 is 11.3 Å². The largest absolute Gasteiger partial charge is 0.310 e. The number of aromatic nitrogens is 1. The summed E-state index contributed by atoms with van der Waals surface area (Å²) in [4.78, 5) is 2.43. The topological polar surface area (TPSA) is 8.17 Å². The van der Waals surface area contributed by atoms with E-state index >= 15 is 0 Å². The van der Waals surface area contributed by atoms with Crippen LogP contribution in [0.5, 0.6) is 0 Å². The van der Waals surface area contributed by atoms with Gasteiger partial charge in [0.15, 0.2) is 0 Å². The summed E-state index contributed by atoms with van der Waals surface area (Å²) in [6, 6.07) is 66.3. The van der Waals surface area contributed by atoms with Gasteiger partial charge in [0, 0.05) is 53.6 Å². The van der Waals surface area contributed by atoms with Gasteiger partial charge in [0.1, 0.15) is 0 Å². The number of hydrogen-bond donors (Lipinski definition) is 0. The van der Waals surface area contributed by atoms with E-state index in [2.05, 4.69) is 191 Å². The van der Waals surface area contributed by atoms with Crippen molar-refractivity contribution >= 4 is 81.1 Å². The Morgan fingerprint density at radius 2 is 1.08 bits per heavy atom. The minimum atomic E-state index is 1.11. The monoisotopic (exact) mass is 642 g/mol. The van der Waals surface area contributed by atoms with Crippen LogP contribution in [-0.2, 0) is 0 Å². The molecule has 49 heavy (non-hydrogen) atoms. The number of rotatable bonds is 5. The van der Waals surface area contributed by atoms with Crippen LogP contribution in [0.4, 0.5) is 17.1 Å². The van der Waals surface area contributed by atoms with E-state index in [1.165, 1.54) is 63.9 Å². The van der Waals surface area contributed by atoms with Crippen molar-refractivity contribution in [2.45, 2.75) is 0 Å². The molecule has 2 heterocycles. The normalized spacial score (nSPS) is 11.7. The Hall–Kier alpha value is -6.16. The first kappa shape index (κ1) is 27.9. The van der Waals surface area contributed by atoms with E-state index in [1.54, 1.807) is 0 Å². The highest BCUT2D eigenvalue weighted by Gasteiger charge is 2.20. The van der Waals surface area contributed by atoms with Gasteiger partial charge in [0.25, 0.3) is 0 Å². The minimum Gasteiger partial charge on any atom is -0.310 e. The van der Waals surface area contributed by atoms with Crippen molar-refractivity contribution in [3.63, 3.8) is 0 Å². The van der Waals surface area contributed by atoms with Gasteiger partial charge in [-0.15, -0.1) is 11.3 Å². The summed E-state index contributed by atoms with van der Waals surface area (Å²) in [5, 5.41) is 7.61. The van der Waals surface area contributed by atoms with E-state index in [1.807, 2.05) is 11.3 Å². The Labute approximate surface area is 288 Å². The molecule has 0 fully saturated rings. The number of para-hydroxylation sites is 3. The van der Waals surface area contributed by atoms with E-state index in [0.717, 1.165) is 22.7 Å². The summed E-state index contributed by atoms with van der Waals surface area (Å²) in [5.74, 6) is 0. The summed E-state index contributed by atoms with van der Waals surface area (Å²) >= 11 is 1.87. The Bertz CT molecular complexity index is 2830. The van der Waals surface area contributed by atoms with E-state index in [9.17, 15) is 0 Å². The molecule has 0 aliphatic carbocycles. The number of hydrogen-bond acceptors (Lipinski definition) is 2. The Morgan fingerprint density at radius 1 is 0.408 bits per heavy atom. The van der Waals surface area contributed by atoms with Crippen LogP contribution in [-0.4, -0.2) is 4.57 Å². The summed E-state index contributed by atoms with van der Waals surface area (Å²) in [6.45, 7) is 0. The third-order valence-corrected chi connectivity index (χ3v) is 10.9. The van der Waals surface area contributed by atoms with Gasteiger partial charge in [-0.25, -0.2) is 0 Å². The molecule has 0 aliphatic rings. The second-order valence-corrected chi connectivity index (χ2v) is 13.7. The van der Waals surface area contributed by atoms with E-state index in [0.29, 0.717) is 0 Å². The molecule has 0 radical (unpaired) electrons. The highest BCUT2D eigenvalue weighted by Crippen LogP contribution is 2.44. The highest BCUT2D eigenvalue weighted by molar-refractivity contribution is 7.25. The number of benzene rings is 8. The van der Waals surface area contributed by atoms with Crippen LogP contribution in [0.15, 0.2) is 182 Å². The fourth-order valence-electron chi connectivity index (χ4n) is 7.51. The Morgan fingerprint density at radius 3 is 1.96 bits per heavy atom. The van der Waals surface area contributed by atoms with Gasteiger partial charge < -0.3 is 9.47 Å². The fourth-order valence-corrected chi connectivity index (χ4v) is 8.64. The molecule has 10 rings (SSSR count). The minimum absolute atomic E-state index is 1.11. The highest BCUT2D eigenvalue weighted by atomic mass is 32.1. The molecule has 0 spiro atoms. The summed E-state index contributed by atoms with van der Waals surface area (Å²) in [7, 11) is 0. The number of fused-ring (bicyclic) bond motifs is 7. The zero-order chi connectivity index (χ0) is 32.3. The van der Waals surface area contributed by atoms with Gasteiger partial charge in [-0.3, -0.25) is 0 Å². The maximum atomic E-state index is 2.43. The van der Waals surface area contributed by atoms with Gasteiger partial charge >= 0.3 is 0 Å². The van der Waals surface area contributed by atoms with Crippen LogP contribution in [0.1, 0.15) is 0 Å². The second-order valence-electron chi connectivity index (χ2n) is 12.6. The maximum Gasteiger partial charge on any atom is 0.0561 e. The summed E-state index contributed by atoms with van der Waals surface area (Å²) < 4.78 is 5.05. The maximum absolute atomic E-state index is 2.43. The molecule has 0 amide bonds. The van der Waals surface area contributed by atoms with Crippen LogP contribution in [0.2, 0.25) is 0 Å². The molecule has 0 saturated carbocycles. The van der Waals surface area contributed by atoms with E-state index in [4.69, 9.17) is 0 Å². The number of anilines is 3. The molecule has 230 valence electrons. The molecule has 0 saturated heterocycles. The van der Waals surface area contributed by atoms with Gasteiger partial charge in [0.05, 0.1) is 16.7 Å². The predicted octanol–water partition coefficient (Wildman–Crippen LogP) is 13.4. The number of nitrogens with zero attached hydrogens (tertiary/aromatic N) is 2. The zero-order valence-corrected chi connectivity index (χ0v) is 27.4. The molecule has 8 aromatic carbocycles. The summed E-state index contributed by atoms with van der Waals surface area (Å²) in [5.41, 5.74) is 9.28. The van der Waals surface area contributed by atoms with Crippen molar-refractivity contribution in [3.8, 4) is 16.8 Å². The van der Waals surface area contributed by atoms with Gasteiger partial charge in [0.2, 0.25) is 0 Å². The van der Waals surface area contributed by atoms with Gasteiger partial charge in [-0.2, -0.15) is 0 Å². The predicted molar refractivity (Wildman–Crippen MR) is 211 cm³/mol. The first-order chi connectivity index (χ1) is 24.3. The third-order valence-electron chi connectivity index (χ3n) is 9.74. The molecule has 3 heteroatoms. The molecule has 0 atom stereocenters. The molecule has 2 nitrogen and oxygen atoms in total. The van der Waals surface area contributed by atoms with Crippen molar-refractivity contribution in [1.29, 1.82) is 0 Å². The molecule has 0 aliphatic heterocycles. The standard InChI is InChI=1S/C46H30N2S/c1-3-13-31(14-4-1)37-17-7-10-20-42(37)47(35-24-23-32-29-46-41(28-33(32)27-35)40-19-9-12-22-45(40)49-46)36-25-26-39-38-18-8-11-21-43(38)48(44(39)30-36)34-15-5-2-6-16-34/h1-30H.